The molecule has 2 heteroatoms. The summed E-state index contributed by atoms with van der Waals surface area (Å²) in [7, 11) is 0. The molecular formula is C19H25NS. The second-order valence-corrected chi connectivity index (χ2v) is 6.94. The lowest BCUT2D eigenvalue weighted by molar-refractivity contribution is 0.551. The van der Waals surface area contributed by atoms with Crippen LogP contribution < -0.4 is 5.32 Å². The predicted molar refractivity (Wildman–Crippen MR) is 93.7 cm³/mol. The van der Waals surface area contributed by atoms with Crippen LogP contribution in [0.3, 0.4) is 0 Å². The normalized spacial score (nSPS) is 11.0. The minimum absolute atomic E-state index is 0.700. The zero-order chi connectivity index (χ0) is 15.1. The van der Waals surface area contributed by atoms with Crippen molar-refractivity contribution in [2.45, 2.75) is 38.0 Å². The fraction of sp³-hybridized carbons (Fsp3) is 0.368. The summed E-state index contributed by atoms with van der Waals surface area (Å²) in [6.45, 7) is 8.73. The largest absolute Gasteiger partial charge is 0.312 e. The Bertz CT molecular complexity index is 549. The third-order valence-corrected chi connectivity index (χ3v) is 4.50. The number of aryl methyl sites for hydroxylation is 1. The maximum absolute atomic E-state index is 3.51. The zero-order valence-electron chi connectivity index (χ0n) is 13.2. The molecular weight excluding hydrogens is 274 g/mol. The molecule has 112 valence electrons. The van der Waals surface area contributed by atoms with E-state index >= 15 is 0 Å². The molecule has 1 nitrogen and oxygen atoms in total. The molecule has 0 aliphatic heterocycles. The first-order chi connectivity index (χ1) is 10.1. The molecule has 0 fully saturated rings. The summed E-state index contributed by atoms with van der Waals surface area (Å²) in [5.41, 5.74) is 4.16. The summed E-state index contributed by atoms with van der Waals surface area (Å²) >= 11 is 1.90. The summed E-state index contributed by atoms with van der Waals surface area (Å²) in [6, 6.07) is 17.4. The average Bonchev–Trinajstić information content (AvgIpc) is 2.48. The molecule has 0 aromatic heterocycles. The van der Waals surface area contributed by atoms with Gasteiger partial charge in [0.2, 0.25) is 0 Å². The molecule has 0 aliphatic carbocycles. The van der Waals surface area contributed by atoms with Gasteiger partial charge in [0.05, 0.1) is 0 Å². The summed E-state index contributed by atoms with van der Waals surface area (Å²) in [4.78, 5) is 1.35. The molecule has 0 radical (unpaired) electrons. The highest BCUT2D eigenvalue weighted by molar-refractivity contribution is 7.98. The Kier molecular flexibility index (Phi) is 6.34. The molecule has 0 heterocycles. The molecule has 2 aromatic rings. The monoisotopic (exact) mass is 299 g/mol. The van der Waals surface area contributed by atoms with Gasteiger partial charge in [0.25, 0.3) is 0 Å². The highest BCUT2D eigenvalue weighted by Crippen LogP contribution is 2.25. The van der Waals surface area contributed by atoms with Crippen LogP contribution in [-0.2, 0) is 12.3 Å². The number of hydrogen-bond donors (Lipinski definition) is 1. The zero-order valence-corrected chi connectivity index (χ0v) is 14.0. The lowest BCUT2D eigenvalue weighted by Gasteiger charge is -2.11. The van der Waals surface area contributed by atoms with Crippen molar-refractivity contribution in [2.24, 2.45) is 5.92 Å². The number of thioether (sulfide) groups is 1. The minimum Gasteiger partial charge on any atom is -0.312 e. The van der Waals surface area contributed by atoms with Gasteiger partial charge in [-0.05, 0) is 48.2 Å². The van der Waals surface area contributed by atoms with Crippen molar-refractivity contribution in [3.05, 3.63) is 65.2 Å². The van der Waals surface area contributed by atoms with Crippen LogP contribution >= 0.6 is 11.8 Å². The Morgan fingerprint density at radius 3 is 2.48 bits per heavy atom. The van der Waals surface area contributed by atoms with Crippen LogP contribution in [0.5, 0.6) is 0 Å². The molecule has 0 unspecified atom stereocenters. The van der Waals surface area contributed by atoms with Gasteiger partial charge in [-0.3, -0.25) is 0 Å². The van der Waals surface area contributed by atoms with Gasteiger partial charge in [0, 0.05) is 17.2 Å². The van der Waals surface area contributed by atoms with Crippen LogP contribution in [0.1, 0.15) is 30.5 Å². The van der Waals surface area contributed by atoms with Gasteiger partial charge >= 0.3 is 0 Å². The van der Waals surface area contributed by atoms with Crippen molar-refractivity contribution in [1.29, 1.82) is 0 Å². The second kappa shape index (κ2) is 8.26. The summed E-state index contributed by atoms with van der Waals surface area (Å²) in [5, 5.41) is 3.51. The fourth-order valence-electron chi connectivity index (χ4n) is 2.19. The Hall–Kier alpha value is -1.25. The van der Waals surface area contributed by atoms with E-state index in [-0.39, 0.29) is 0 Å². The van der Waals surface area contributed by atoms with E-state index in [1.165, 1.54) is 21.6 Å². The van der Waals surface area contributed by atoms with Crippen LogP contribution in [0.2, 0.25) is 0 Å². The van der Waals surface area contributed by atoms with Crippen molar-refractivity contribution < 1.29 is 0 Å². The van der Waals surface area contributed by atoms with Gasteiger partial charge < -0.3 is 5.32 Å². The first-order valence-electron chi connectivity index (χ1n) is 7.62. The van der Waals surface area contributed by atoms with E-state index in [2.05, 4.69) is 74.6 Å². The van der Waals surface area contributed by atoms with E-state index in [1.54, 1.807) is 0 Å². The van der Waals surface area contributed by atoms with Gasteiger partial charge in [-0.2, -0.15) is 0 Å². The van der Waals surface area contributed by atoms with E-state index in [4.69, 9.17) is 0 Å². The molecule has 0 spiro atoms. The second-order valence-electron chi connectivity index (χ2n) is 5.89. The lowest BCUT2D eigenvalue weighted by atomic mass is 10.1. The first kappa shape index (κ1) is 16.1. The molecule has 0 aliphatic rings. The van der Waals surface area contributed by atoms with E-state index in [1.807, 2.05) is 11.8 Å². The SMILES string of the molecule is Cc1cc(SCc2ccccc2)ccc1CNCC(C)C. The quantitative estimate of drug-likeness (QED) is 0.719. The van der Waals surface area contributed by atoms with E-state index in [9.17, 15) is 0 Å². The highest BCUT2D eigenvalue weighted by Gasteiger charge is 2.02. The summed E-state index contributed by atoms with van der Waals surface area (Å²) in [6.07, 6.45) is 0. The molecule has 0 amide bonds. The molecule has 2 rings (SSSR count). The fourth-order valence-corrected chi connectivity index (χ4v) is 3.14. The Morgan fingerprint density at radius 1 is 1.05 bits per heavy atom. The third kappa shape index (κ3) is 5.56. The first-order valence-corrected chi connectivity index (χ1v) is 8.60. The van der Waals surface area contributed by atoms with Crippen LogP contribution in [-0.4, -0.2) is 6.54 Å². The topological polar surface area (TPSA) is 12.0 Å². The van der Waals surface area contributed by atoms with Gasteiger partial charge in [-0.1, -0.05) is 50.2 Å². The molecule has 0 atom stereocenters. The number of nitrogens with one attached hydrogen (secondary N) is 1. The predicted octanol–water partition coefficient (Wildman–Crippen LogP) is 5.03. The van der Waals surface area contributed by atoms with E-state index in [0.717, 1.165) is 18.8 Å². The summed E-state index contributed by atoms with van der Waals surface area (Å²) < 4.78 is 0. The van der Waals surface area contributed by atoms with Gasteiger partial charge in [-0.15, -0.1) is 11.8 Å². The van der Waals surface area contributed by atoms with Crippen LogP contribution in [0.15, 0.2) is 53.4 Å². The average molecular weight is 299 g/mol. The van der Waals surface area contributed by atoms with Crippen molar-refractivity contribution in [3.8, 4) is 0 Å². The van der Waals surface area contributed by atoms with Gasteiger partial charge in [0.15, 0.2) is 0 Å². The molecule has 2 aromatic carbocycles. The number of benzene rings is 2. The third-order valence-electron chi connectivity index (χ3n) is 3.43. The Morgan fingerprint density at radius 2 is 1.81 bits per heavy atom. The number of rotatable bonds is 7. The maximum atomic E-state index is 3.51. The van der Waals surface area contributed by atoms with Gasteiger partial charge in [-0.25, -0.2) is 0 Å². The number of hydrogen-bond acceptors (Lipinski definition) is 2. The summed E-state index contributed by atoms with van der Waals surface area (Å²) in [5.74, 6) is 1.73. The van der Waals surface area contributed by atoms with Crippen LogP contribution in [0.4, 0.5) is 0 Å². The minimum atomic E-state index is 0.700. The standard InChI is InChI=1S/C19H25NS/c1-15(2)12-20-13-18-9-10-19(11-16(18)3)21-14-17-7-5-4-6-8-17/h4-11,15,20H,12-14H2,1-3H3. The maximum Gasteiger partial charge on any atom is 0.0231 e. The Balaban J connectivity index is 1.89. The van der Waals surface area contributed by atoms with E-state index < -0.39 is 0 Å². The van der Waals surface area contributed by atoms with Crippen LogP contribution in [0.25, 0.3) is 0 Å². The smallest absolute Gasteiger partial charge is 0.0231 e. The molecule has 0 saturated heterocycles. The lowest BCUT2D eigenvalue weighted by Crippen LogP contribution is -2.19. The van der Waals surface area contributed by atoms with Gasteiger partial charge in [0.1, 0.15) is 0 Å². The van der Waals surface area contributed by atoms with Crippen molar-refractivity contribution in [3.63, 3.8) is 0 Å². The molecule has 0 bridgehead atoms. The molecule has 21 heavy (non-hydrogen) atoms. The highest BCUT2D eigenvalue weighted by atomic mass is 32.2. The van der Waals surface area contributed by atoms with Crippen molar-refractivity contribution >= 4 is 11.8 Å². The molecule has 0 saturated carbocycles. The Labute approximate surface area is 133 Å². The van der Waals surface area contributed by atoms with Crippen molar-refractivity contribution in [1.82, 2.24) is 5.32 Å². The van der Waals surface area contributed by atoms with E-state index in [0.29, 0.717) is 5.92 Å². The van der Waals surface area contributed by atoms with Crippen LogP contribution in [0, 0.1) is 12.8 Å². The molecule has 1 N–H and O–H groups in total. The van der Waals surface area contributed by atoms with Crippen molar-refractivity contribution in [2.75, 3.05) is 6.54 Å².